The van der Waals surface area contributed by atoms with Crippen molar-refractivity contribution in [3.63, 3.8) is 0 Å². The van der Waals surface area contributed by atoms with Crippen molar-refractivity contribution >= 4 is 21.8 Å². The summed E-state index contributed by atoms with van der Waals surface area (Å²) in [5, 5.41) is 3.06. The van der Waals surface area contributed by atoms with Gasteiger partial charge < -0.3 is 10.1 Å². The van der Waals surface area contributed by atoms with E-state index in [9.17, 15) is 4.79 Å². The second kappa shape index (κ2) is 6.53. The number of carbonyl (C=O) groups is 1. The van der Waals surface area contributed by atoms with Crippen molar-refractivity contribution in [2.45, 2.75) is 13.8 Å². The SMILES string of the molecule is Cc1cccc(OCCNC(=O)CBr)c1C. The molecule has 0 aromatic heterocycles. The van der Waals surface area contributed by atoms with E-state index in [0.29, 0.717) is 18.5 Å². The number of ether oxygens (including phenoxy) is 1. The largest absolute Gasteiger partial charge is 0.491 e. The van der Waals surface area contributed by atoms with E-state index < -0.39 is 0 Å². The van der Waals surface area contributed by atoms with Gasteiger partial charge in [0.2, 0.25) is 5.91 Å². The van der Waals surface area contributed by atoms with Crippen molar-refractivity contribution in [3.8, 4) is 5.75 Å². The average Bonchev–Trinajstić information content (AvgIpc) is 2.29. The predicted molar refractivity (Wildman–Crippen MR) is 68.2 cm³/mol. The summed E-state index contributed by atoms with van der Waals surface area (Å²) >= 11 is 3.08. The lowest BCUT2D eigenvalue weighted by molar-refractivity contribution is -0.118. The highest BCUT2D eigenvalue weighted by atomic mass is 79.9. The molecule has 0 saturated carbocycles. The molecule has 4 heteroatoms. The second-order valence-corrected chi connectivity index (χ2v) is 4.09. The van der Waals surface area contributed by atoms with Gasteiger partial charge in [-0.25, -0.2) is 0 Å². The minimum absolute atomic E-state index is 0.0236. The lowest BCUT2D eigenvalue weighted by Gasteiger charge is -2.10. The zero-order valence-corrected chi connectivity index (χ0v) is 11.1. The normalized spacial score (nSPS) is 9.94. The number of carbonyl (C=O) groups excluding carboxylic acids is 1. The summed E-state index contributed by atoms with van der Waals surface area (Å²) in [6, 6.07) is 5.96. The number of aryl methyl sites for hydroxylation is 1. The molecule has 0 fully saturated rings. The maximum Gasteiger partial charge on any atom is 0.230 e. The Kier molecular flexibility index (Phi) is 5.32. The number of benzene rings is 1. The highest BCUT2D eigenvalue weighted by Gasteiger charge is 2.01. The van der Waals surface area contributed by atoms with Gasteiger partial charge in [0.1, 0.15) is 12.4 Å². The highest BCUT2D eigenvalue weighted by Crippen LogP contribution is 2.20. The van der Waals surface area contributed by atoms with Crippen molar-refractivity contribution in [1.29, 1.82) is 0 Å². The van der Waals surface area contributed by atoms with E-state index >= 15 is 0 Å². The molecule has 0 radical (unpaired) electrons. The topological polar surface area (TPSA) is 38.3 Å². The number of halogens is 1. The zero-order valence-electron chi connectivity index (χ0n) is 9.55. The van der Waals surface area contributed by atoms with Crippen LogP contribution in [0.25, 0.3) is 0 Å². The number of hydrogen-bond donors (Lipinski definition) is 1. The van der Waals surface area contributed by atoms with Crippen LogP contribution in [-0.4, -0.2) is 24.4 Å². The Labute approximate surface area is 104 Å². The Morgan fingerprint density at radius 2 is 2.19 bits per heavy atom. The first-order valence-electron chi connectivity index (χ1n) is 5.17. The van der Waals surface area contributed by atoms with Gasteiger partial charge in [0.25, 0.3) is 0 Å². The summed E-state index contributed by atoms with van der Waals surface area (Å²) in [4.78, 5) is 10.9. The van der Waals surface area contributed by atoms with Crippen LogP contribution in [0, 0.1) is 13.8 Å². The molecule has 1 N–H and O–H groups in total. The van der Waals surface area contributed by atoms with Gasteiger partial charge in [-0.1, -0.05) is 28.1 Å². The zero-order chi connectivity index (χ0) is 12.0. The minimum Gasteiger partial charge on any atom is -0.491 e. The van der Waals surface area contributed by atoms with Crippen LogP contribution < -0.4 is 10.1 Å². The quantitative estimate of drug-likeness (QED) is 0.665. The molecule has 0 aliphatic heterocycles. The fourth-order valence-electron chi connectivity index (χ4n) is 1.28. The average molecular weight is 286 g/mol. The molecule has 3 nitrogen and oxygen atoms in total. The Morgan fingerprint density at radius 1 is 1.44 bits per heavy atom. The van der Waals surface area contributed by atoms with Crippen molar-refractivity contribution in [1.82, 2.24) is 5.32 Å². The van der Waals surface area contributed by atoms with Crippen LogP contribution in [0.5, 0.6) is 5.75 Å². The fourth-order valence-corrected chi connectivity index (χ4v) is 1.48. The third-order valence-corrected chi connectivity index (χ3v) is 2.87. The van der Waals surface area contributed by atoms with Gasteiger partial charge in [-0.3, -0.25) is 4.79 Å². The molecule has 0 aliphatic rings. The molecule has 0 spiro atoms. The Morgan fingerprint density at radius 3 is 2.88 bits per heavy atom. The van der Waals surface area contributed by atoms with Gasteiger partial charge in [-0.2, -0.15) is 0 Å². The molecule has 0 aliphatic carbocycles. The molecule has 0 heterocycles. The van der Waals surface area contributed by atoms with Crippen molar-refractivity contribution in [2.75, 3.05) is 18.5 Å². The van der Waals surface area contributed by atoms with Crippen LogP contribution in [0.3, 0.4) is 0 Å². The highest BCUT2D eigenvalue weighted by molar-refractivity contribution is 9.09. The van der Waals surface area contributed by atoms with E-state index in [4.69, 9.17) is 4.74 Å². The standard InChI is InChI=1S/C12H16BrNO2/c1-9-4-3-5-11(10(9)2)16-7-6-14-12(15)8-13/h3-5H,6-8H2,1-2H3,(H,14,15). The molecule has 88 valence electrons. The van der Waals surface area contributed by atoms with Crippen LogP contribution in [0.15, 0.2) is 18.2 Å². The van der Waals surface area contributed by atoms with E-state index in [0.717, 1.165) is 11.3 Å². The summed E-state index contributed by atoms with van der Waals surface area (Å²) in [7, 11) is 0. The summed E-state index contributed by atoms with van der Waals surface area (Å²) < 4.78 is 5.58. The molecule has 0 bridgehead atoms. The summed E-state index contributed by atoms with van der Waals surface area (Å²) in [6.45, 7) is 5.09. The fraction of sp³-hybridized carbons (Fsp3) is 0.417. The summed E-state index contributed by atoms with van der Waals surface area (Å²) in [5.41, 5.74) is 2.36. The number of alkyl halides is 1. The van der Waals surface area contributed by atoms with Crippen LogP contribution >= 0.6 is 15.9 Å². The van der Waals surface area contributed by atoms with Crippen molar-refractivity contribution in [2.24, 2.45) is 0 Å². The molecule has 0 saturated heterocycles. The first-order valence-corrected chi connectivity index (χ1v) is 6.29. The smallest absolute Gasteiger partial charge is 0.230 e. The first-order chi connectivity index (χ1) is 7.65. The molecule has 1 aromatic rings. The minimum atomic E-state index is -0.0236. The number of rotatable bonds is 5. The van der Waals surface area contributed by atoms with Gasteiger partial charge in [0, 0.05) is 0 Å². The van der Waals surface area contributed by atoms with Crippen LogP contribution in [0.1, 0.15) is 11.1 Å². The number of nitrogens with one attached hydrogen (secondary N) is 1. The molecule has 0 unspecified atom stereocenters. The number of hydrogen-bond acceptors (Lipinski definition) is 2. The summed E-state index contributed by atoms with van der Waals surface area (Å²) in [5.74, 6) is 0.859. The maximum absolute atomic E-state index is 10.9. The van der Waals surface area contributed by atoms with Gasteiger partial charge in [0.05, 0.1) is 11.9 Å². The van der Waals surface area contributed by atoms with Gasteiger partial charge in [0.15, 0.2) is 0 Å². The molecule has 0 atom stereocenters. The molecular weight excluding hydrogens is 270 g/mol. The maximum atomic E-state index is 10.9. The van der Waals surface area contributed by atoms with Crippen molar-refractivity contribution in [3.05, 3.63) is 29.3 Å². The predicted octanol–water partition coefficient (Wildman–Crippen LogP) is 2.19. The molecule has 1 rings (SSSR count). The van der Waals surface area contributed by atoms with E-state index in [1.165, 1.54) is 5.56 Å². The Balaban J connectivity index is 2.38. The van der Waals surface area contributed by atoms with Crippen LogP contribution in [0.2, 0.25) is 0 Å². The first kappa shape index (κ1) is 13.0. The van der Waals surface area contributed by atoms with Crippen molar-refractivity contribution < 1.29 is 9.53 Å². The molecule has 16 heavy (non-hydrogen) atoms. The van der Waals surface area contributed by atoms with Crippen LogP contribution in [-0.2, 0) is 4.79 Å². The van der Waals surface area contributed by atoms with E-state index in [1.54, 1.807) is 0 Å². The van der Waals surface area contributed by atoms with Crippen LogP contribution in [0.4, 0.5) is 0 Å². The third-order valence-electron chi connectivity index (χ3n) is 2.36. The van der Waals surface area contributed by atoms with E-state index in [2.05, 4.69) is 34.2 Å². The lowest BCUT2D eigenvalue weighted by atomic mass is 10.1. The third kappa shape index (κ3) is 3.85. The summed E-state index contributed by atoms with van der Waals surface area (Å²) in [6.07, 6.45) is 0. The Bertz CT molecular complexity index is 366. The Hall–Kier alpha value is -1.03. The monoisotopic (exact) mass is 285 g/mol. The van der Waals surface area contributed by atoms with Gasteiger partial charge >= 0.3 is 0 Å². The molecule has 1 aromatic carbocycles. The van der Waals surface area contributed by atoms with Gasteiger partial charge in [-0.15, -0.1) is 0 Å². The second-order valence-electron chi connectivity index (χ2n) is 3.53. The lowest BCUT2D eigenvalue weighted by Crippen LogP contribution is -2.28. The van der Waals surface area contributed by atoms with Gasteiger partial charge in [-0.05, 0) is 31.0 Å². The molecular formula is C12H16BrNO2. The van der Waals surface area contributed by atoms with E-state index in [1.807, 2.05) is 19.1 Å². The number of amides is 1. The molecule has 1 amide bonds. The van der Waals surface area contributed by atoms with E-state index in [-0.39, 0.29) is 5.91 Å².